The van der Waals surface area contributed by atoms with E-state index < -0.39 is 0 Å². The van der Waals surface area contributed by atoms with Crippen molar-refractivity contribution in [1.82, 2.24) is 10.2 Å². The summed E-state index contributed by atoms with van der Waals surface area (Å²) in [7, 11) is 0. The first-order valence-electron chi connectivity index (χ1n) is 6.29. The number of nitrogens with one attached hydrogen (secondary N) is 1. The molecule has 0 radical (unpaired) electrons. The standard InChI is InChI=1S/C12H24N2O/c1-3-4-5-8-11(2)13-12(15)14-9-6-7-10-14/h11H,3-10H2,1-2H3,(H,13,15)/t11-/m1/s1. The molecule has 1 fully saturated rings. The molecule has 1 saturated heterocycles. The van der Waals surface area contributed by atoms with E-state index in [2.05, 4.69) is 19.2 Å². The zero-order valence-electron chi connectivity index (χ0n) is 10.1. The topological polar surface area (TPSA) is 32.3 Å². The summed E-state index contributed by atoms with van der Waals surface area (Å²) in [6, 6.07) is 0.459. The predicted octanol–water partition coefficient (Wildman–Crippen LogP) is 2.76. The number of carbonyl (C=O) groups is 1. The Bertz CT molecular complexity index is 188. The van der Waals surface area contributed by atoms with Crippen LogP contribution in [-0.2, 0) is 0 Å². The maximum absolute atomic E-state index is 11.7. The maximum atomic E-state index is 11.7. The second-order valence-corrected chi connectivity index (χ2v) is 4.54. The van der Waals surface area contributed by atoms with Gasteiger partial charge in [0.2, 0.25) is 0 Å². The quantitative estimate of drug-likeness (QED) is 0.698. The number of amides is 2. The van der Waals surface area contributed by atoms with E-state index in [1.165, 1.54) is 19.3 Å². The van der Waals surface area contributed by atoms with E-state index in [0.717, 1.165) is 32.4 Å². The molecular formula is C12H24N2O. The van der Waals surface area contributed by atoms with Crippen molar-refractivity contribution in [2.75, 3.05) is 13.1 Å². The lowest BCUT2D eigenvalue weighted by molar-refractivity contribution is 0.204. The lowest BCUT2D eigenvalue weighted by atomic mass is 10.1. The fraction of sp³-hybridized carbons (Fsp3) is 0.917. The Morgan fingerprint density at radius 2 is 2.00 bits per heavy atom. The summed E-state index contributed by atoms with van der Waals surface area (Å²) in [5.74, 6) is 0. The number of urea groups is 1. The molecule has 15 heavy (non-hydrogen) atoms. The second kappa shape index (κ2) is 6.70. The van der Waals surface area contributed by atoms with Crippen LogP contribution in [-0.4, -0.2) is 30.1 Å². The highest BCUT2D eigenvalue weighted by Crippen LogP contribution is 2.08. The SMILES string of the molecule is CCCCC[C@@H](C)NC(=O)N1CCCC1. The number of rotatable bonds is 5. The number of nitrogens with zero attached hydrogens (tertiary/aromatic N) is 1. The molecule has 1 aliphatic heterocycles. The van der Waals surface area contributed by atoms with Crippen molar-refractivity contribution < 1.29 is 4.79 Å². The van der Waals surface area contributed by atoms with E-state index in [-0.39, 0.29) is 6.03 Å². The monoisotopic (exact) mass is 212 g/mol. The summed E-state index contributed by atoms with van der Waals surface area (Å²) in [6.07, 6.45) is 7.16. The van der Waals surface area contributed by atoms with Gasteiger partial charge in [0.15, 0.2) is 0 Å². The molecule has 1 N–H and O–H groups in total. The Kier molecular flexibility index (Phi) is 5.51. The van der Waals surface area contributed by atoms with Crippen molar-refractivity contribution in [1.29, 1.82) is 0 Å². The summed E-state index contributed by atoms with van der Waals surface area (Å²) in [5.41, 5.74) is 0. The van der Waals surface area contributed by atoms with Gasteiger partial charge in [0, 0.05) is 19.1 Å². The average Bonchev–Trinajstić information content (AvgIpc) is 2.70. The van der Waals surface area contributed by atoms with Crippen LogP contribution in [0.2, 0.25) is 0 Å². The predicted molar refractivity (Wildman–Crippen MR) is 62.9 cm³/mol. The van der Waals surface area contributed by atoms with Crippen LogP contribution in [0.15, 0.2) is 0 Å². The minimum absolute atomic E-state index is 0.136. The average molecular weight is 212 g/mol. The van der Waals surface area contributed by atoms with Crippen molar-refractivity contribution in [2.24, 2.45) is 0 Å². The Hall–Kier alpha value is -0.730. The van der Waals surface area contributed by atoms with Crippen LogP contribution in [0.25, 0.3) is 0 Å². The summed E-state index contributed by atoms with van der Waals surface area (Å²) in [5, 5.41) is 3.07. The first-order chi connectivity index (χ1) is 7.24. The molecule has 0 spiro atoms. The number of hydrogen-bond acceptors (Lipinski definition) is 1. The van der Waals surface area contributed by atoms with Gasteiger partial charge in [0.25, 0.3) is 0 Å². The molecule has 2 amide bonds. The van der Waals surface area contributed by atoms with Crippen molar-refractivity contribution >= 4 is 6.03 Å². The normalized spacial score (nSPS) is 17.9. The van der Waals surface area contributed by atoms with Crippen molar-refractivity contribution in [3.8, 4) is 0 Å². The van der Waals surface area contributed by atoms with E-state index in [1.807, 2.05) is 4.90 Å². The number of hydrogen-bond donors (Lipinski definition) is 1. The summed E-state index contributed by atoms with van der Waals surface area (Å²) < 4.78 is 0. The van der Waals surface area contributed by atoms with Crippen LogP contribution in [0.4, 0.5) is 4.79 Å². The van der Waals surface area contributed by atoms with E-state index in [1.54, 1.807) is 0 Å². The molecule has 1 atom stereocenters. The number of carbonyl (C=O) groups excluding carboxylic acids is 1. The van der Waals surface area contributed by atoms with E-state index in [4.69, 9.17) is 0 Å². The van der Waals surface area contributed by atoms with Gasteiger partial charge in [-0.2, -0.15) is 0 Å². The molecule has 0 aromatic rings. The first-order valence-corrected chi connectivity index (χ1v) is 6.29. The van der Waals surface area contributed by atoms with Crippen LogP contribution in [0.1, 0.15) is 52.4 Å². The molecule has 0 bridgehead atoms. The van der Waals surface area contributed by atoms with Crippen molar-refractivity contribution in [3.63, 3.8) is 0 Å². The van der Waals surface area contributed by atoms with Crippen molar-refractivity contribution in [2.45, 2.75) is 58.4 Å². The van der Waals surface area contributed by atoms with Gasteiger partial charge in [0.05, 0.1) is 0 Å². The number of likely N-dealkylation sites (tertiary alicyclic amines) is 1. The minimum Gasteiger partial charge on any atom is -0.336 e. The van der Waals surface area contributed by atoms with Gasteiger partial charge in [-0.25, -0.2) is 4.79 Å². The van der Waals surface area contributed by atoms with Crippen LogP contribution < -0.4 is 5.32 Å². The highest BCUT2D eigenvalue weighted by molar-refractivity contribution is 5.74. The van der Waals surface area contributed by atoms with Gasteiger partial charge in [0.1, 0.15) is 0 Å². The molecule has 88 valence electrons. The Balaban J connectivity index is 2.13. The van der Waals surface area contributed by atoms with E-state index in [9.17, 15) is 4.79 Å². The lowest BCUT2D eigenvalue weighted by Crippen LogP contribution is -2.42. The smallest absolute Gasteiger partial charge is 0.317 e. The molecule has 1 aliphatic rings. The minimum atomic E-state index is 0.136. The molecule has 1 rings (SSSR count). The lowest BCUT2D eigenvalue weighted by Gasteiger charge is -2.20. The Morgan fingerprint density at radius 1 is 1.33 bits per heavy atom. The van der Waals surface area contributed by atoms with E-state index >= 15 is 0 Å². The summed E-state index contributed by atoms with van der Waals surface area (Å²) >= 11 is 0. The largest absolute Gasteiger partial charge is 0.336 e. The number of unbranched alkanes of at least 4 members (excludes halogenated alkanes) is 2. The fourth-order valence-electron chi connectivity index (χ4n) is 1.99. The third-order valence-corrected chi connectivity index (χ3v) is 3.00. The fourth-order valence-corrected chi connectivity index (χ4v) is 1.99. The Morgan fingerprint density at radius 3 is 2.60 bits per heavy atom. The van der Waals surface area contributed by atoms with E-state index in [0.29, 0.717) is 6.04 Å². The second-order valence-electron chi connectivity index (χ2n) is 4.54. The zero-order valence-corrected chi connectivity index (χ0v) is 10.1. The zero-order chi connectivity index (χ0) is 11.1. The third kappa shape index (κ3) is 4.54. The van der Waals surface area contributed by atoms with Crippen molar-refractivity contribution in [3.05, 3.63) is 0 Å². The molecule has 3 nitrogen and oxygen atoms in total. The van der Waals surface area contributed by atoms with Gasteiger partial charge in [-0.1, -0.05) is 26.2 Å². The molecule has 0 aliphatic carbocycles. The van der Waals surface area contributed by atoms with Gasteiger partial charge < -0.3 is 10.2 Å². The summed E-state index contributed by atoms with van der Waals surface area (Å²) in [6.45, 7) is 6.18. The van der Waals surface area contributed by atoms with Crippen LogP contribution in [0, 0.1) is 0 Å². The van der Waals surface area contributed by atoms with Crippen LogP contribution >= 0.6 is 0 Å². The molecule has 3 heteroatoms. The van der Waals surface area contributed by atoms with Crippen LogP contribution in [0.5, 0.6) is 0 Å². The molecule has 0 aromatic heterocycles. The summed E-state index contributed by atoms with van der Waals surface area (Å²) in [4.78, 5) is 13.6. The van der Waals surface area contributed by atoms with Gasteiger partial charge in [-0.15, -0.1) is 0 Å². The molecule has 1 heterocycles. The highest BCUT2D eigenvalue weighted by Gasteiger charge is 2.18. The van der Waals surface area contributed by atoms with Gasteiger partial charge in [-0.05, 0) is 26.2 Å². The van der Waals surface area contributed by atoms with Gasteiger partial charge >= 0.3 is 6.03 Å². The third-order valence-electron chi connectivity index (χ3n) is 3.00. The highest BCUT2D eigenvalue weighted by atomic mass is 16.2. The van der Waals surface area contributed by atoms with Gasteiger partial charge in [-0.3, -0.25) is 0 Å². The molecule has 0 unspecified atom stereocenters. The molecule has 0 saturated carbocycles. The molecule has 0 aromatic carbocycles. The molecular weight excluding hydrogens is 188 g/mol. The Labute approximate surface area is 93.2 Å². The maximum Gasteiger partial charge on any atom is 0.317 e. The first kappa shape index (κ1) is 12.3. The van der Waals surface area contributed by atoms with Crippen LogP contribution in [0.3, 0.4) is 0 Å².